The van der Waals surface area contributed by atoms with Crippen molar-refractivity contribution in [3.63, 3.8) is 0 Å². The van der Waals surface area contributed by atoms with E-state index in [1.54, 1.807) is 33.8 Å². The number of methoxy groups -OCH3 is 1. The van der Waals surface area contributed by atoms with E-state index in [0.717, 1.165) is 11.1 Å². The molecule has 0 aromatic heterocycles. The molecule has 1 saturated carbocycles. The van der Waals surface area contributed by atoms with Crippen LogP contribution < -0.4 is 0 Å². The van der Waals surface area contributed by atoms with Gasteiger partial charge in [0.25, 0.3) is 0 Å². The third-order valence-corrected chi connectivity index (χ3v) is 8.70. The average Bonchev–Trinajstić information content (AvgIpc) is 2.88. The minimum Gasteiger partial charge on any atom is -0.455 e. The summed E-state index contributed by atoms with van der Waals surface area (Å²) in [7, 11) is 1.18. The Kier molecular flexibility index (Phi) is 5.07. The number of allylic oxidation sites excluding steroid dienone is 1. The van der Waals surface area contributed by atoms with Crippen LogP contribution in [0.4, 0.5) is 4.79 Å². The Balaban J connectivity index is 1.77. The van der Waals surface area contributed by atoms with E-state index in [0.29, 0.717) is 5.57 Å². The number of esters is 2. The summed E-state index contributed by atoms with van der Waals surface area (Å²) >= 11 is 0. The molecule has 0 radical (unpaired) electrons. The van der Waals surface area contributed by atoms with Crippen molar-refractivity contribution in [2.24, 2.45) is 23.2 Å². The third-order valence-electron chi connectivity index (χ3n) is 8.70. The van der Waals surface area contributed by atoms with E-state index in [1.165, 1.54) is 7.11 Å². The Morgan fingerprint density at radius 3 is 2.54 bits per heavy atom. The van der Waals surface area contributed by atoms with Gasteiger partial charge in [-0.1, -0.05) is 5.57 Å². The zero-order valence-corrected chi connectivity index (χ0v) is 20.6. The quantitative estimate of drug-likeness (QED) is 0.429. The van der Waals surface area contributed by atoms with Crippen molar-refractivity contribution in [3.05, 3.63) is 22.8 Å². The lowest BCUT2D eigenvalue weighted by Crippen LogP contribution is -2.71. The maximum atomic E-state index is 13.7. The monoisotopic (exact) mass is 490 g/mol. The average molecular weight is 491 g/mol. The first-order chi connectivity index (χ1) is 16.3. The summed E-state index contributed by atoms with van der Waals surface area (Å²) in [6.45, 7) is 8.46. The number of carbonyl (C=O) groups excluding carboxylic acids is 4. The SMILES string of the molecule is COC(=O)OC1C=C2C(=C(C)C3CC4(C)C(=O)OC5OC(C)C(=O)C(C13)C54O)CC(=O)OC2(C)C. The van der Waals surface area contributed by atoms with Gasteiger partial charge < -0.3 is 28.8 Å². The number of rotatable bonds is 1. The highest BCUT2D eigenvalue weighted by Crippen LogP contribution is 2.64. The molecule has 190 valence electrons. The van der Waals surface area contributed by atoms with Crippen molar-refractivity contribution in [3.8, 4) is 0 Å². The van der Waals surface area contributed by atoms with Crippen molar-refractivity contribution >= 4 is 23.9 Å². The molecule has 3 heterocycles. The molecule has 35 heavy (non-hydrogen) atoms. The van der Waals surface area contributed by atoms with Crippen LogP contribution in [-0.4, -0.2) is 65.8 Å². The highest BCUT2D eigenvalue weighted by Gasteiger charge is 2.78. The highest BCUT2D eigenvalue weighted by molar-refractivity contribution is 5.92. The van der Waals surface area contributed by atoms with Crippen molar-refractivity contribution in [2.45, 2.75) is 77.2 Å². The second-order valence-electron chi connectivity index (χ2n) is 10.9. The molecule has 0 bridgehead atoms. The first-order valence-corrected chi connectivity index (χ1v) is 11.8. The minimum atomic E-state index is -1.96. The van der Waals surface area contributed by atoms with Gasteiger partial charge in [-0.2, -0.15) is 0 Å². The number of aliphatic hydroxyl groups is 1. The number of fused-ring (bicyclic) bond motifs is 3. The molecule has 10 heteroatoms. The summed E-state index contributed by atoms with van der Waals surface area (Å²) in [6, 6.07) is 0. The number of ether oxygens (including phenoxy) is 5. The van der Waals surface area contributed by atoms with E-state index < -0.39 is 76.7 Å². The zero-order chi connectivity index (χ0) is 25.7. The normalized spacial score (nSPS) is 43.6. The second-order valence-corrected chi connectivity index (χ2v) is 10.9. The van der Waals surface area contributed by atoms with E-state index in [2.05, 4.69) is 0 Å². The molecule has 5 aliphatic rings. The fourth-order valence-electron chi connectivity index (χ4n) is 6.89. The zero-order valence-electron chi connectivity index (χ0n) is 20.6. The van der Waals surface area contributed by atoms with Crippen LogP contribution >= 0.6 is 0 Å². The molecule has 2 aliphatic carbocycles. The largest absolute Gasteiger partial charge is 0.508 e. The Labute approximate surface area is 202 Å². The molecule has 0 amide bonds. The topological polar surface area (TPSA) is 135 Å². The van der Waals surface area contributed by atoms with Crippen molar-refractivity contribution in [1.29, 1.82) is 0 Å². The summed E-state index contributed by atoms with van der Waals surface area (Å²) in [6.07, 6.45) is -2.45. The van der Waals surface area contributed by atoms with Crippen LogP contribution in [0.25, 0.3) is 0 Å². The fourth-order valence-corrected chi connectivity index (χ4v) is 6.89. The van der Waals surface area contributed by atoms with Crippen molar-refractivity contribution < 1.29 is 48.0 Å². The van der Waals surface area contributed by atoms with Crippen molar-refractivity contribution in [2.75, 3.05) is 7.11 Å². The van der Waals surface area contributed by atoms with Gasteiger partial charge in [-0.15, -0.1) is 0 Å². The van der Waals surface area contributed by atoms with E-state index in [9.17, 15) is 24.3 Å². The van der Waals surface area contributed by atoms with Crippen LogP contribution in [0.15, 0.2) is 22.8 Å². The Morgan fingerprint density at radius 2 is 1.89 bits per heavy atom. The first-order valence-electron chi connectivity index (χ1n) is 11.8. The van der Waals surface area contributed by atoms with Crippen LogP contribution in [0, 0.1) is 23.2 Å². The van der Waals surface area contributed by atoms with Gasteiger partial charge in [0.2, 0.25) is 6.29 Å². The number of hydrogen-bond donors (Lipinski definition) is 1. The van der Waals surface area contributed by atoms with Gasteiger partial charge in [0.15, 0.2) is 11.4 Å². The van der Waals surface area contributed by atoms with Crippen LogP contribution in [-0.2, 0) is 38.1 Å². The van der Waals surface area contributed by atoms with E-state index in [-0.39, 0.29) is 12.8 Å². The molecular formula is C25H30O10. The maximum absolute atomic E-state index is 13.7. The molecule has 0 aromatic rings. The lowest BCUT2D eigenvalue weighted by atomic mass is 9.49. The Hall–Kier alpha value is -2.72. The summed E-state index contributed by atoms with van der Waals surface area (Å²) in [4.78, 5) is 51.6. The standard InChI is InChI=1S/C25H30O10/c1-10-12-7-16(26)35-23(3,4)14(12)8-15(33-22(29)31-6)17-13(10)9-24(5)20(28)34-21-25(24,30)18(17)19(27)11(2)32-21/h8,11,13,15,17-18,21,30H,7,9H2,1-6H3. The van der Waals surface area contributed by atoms with Crippen LogP contribution in [0.1, 0.15) is 47.5 Å². The summed E-state index contributed by atoms with van der Waals surface area (Å²) in [5.74, 6) is -3.87. The number of ketones is 1. The lowest BCUT2D eigenvalue weighted by molar-refractivity contribution is -0.280. The van der Waals surface area contributed by atoms with Crippen LogP contribution in [0.5, 0.6) is 0 Å². The van der Waals surface area contributed by atoms with Gasteiger partial charge in [0.1, 0.15) is 23.2 Å². The molecule has 0 spiro atoms. The van der Waals surface area contributed by atoms with Crippen LogP contribution in [0.3, 0.4) is 0 Å². The molecule has 0 aromatic carbocycles. The number of hydrogen-bond acceptors (Lipinski definition) is 10. The van der Waals surface area contributed by atoms with Gasteiger partial charge in [-0.3, -0.25) is 14.4 Å². The molecule has 8 unspecified atom stereocenters. The first kappa shape index (κ1) is 24.0. The van der Waals surface area contributed by atoms with E-state index in [1.807, 2.05) is 6.92 Å². The summed E-state index contributed by atoms with van der Waals surface area (Å²) in [5, 5.41) is 12.1. The lowest BCUT2D eigenvalue weighted by Gasteiger charge is -2.56. The predicted octanol–water partition coefficient (Wildman–Crippen LogP) is 1.98. The molecule has 3 saturated heterocycles. The van der Waals surface area contributed by atoms with E-state index >= 15 is 0 Å². The minimum absolute atomic E-state index is 0.00143. The molecule has 8 atom stereocenters. The smallest absolute Gasteiger partial charge is 0.455 e. The second kappa shape index (κ2) is 7.39. The number of carbonyl (C=O) groups is 4. The predicted molar refractivity (Wildman–Crippen MR) is 116 cm³/mol. The number of cyclic esters (lactones) is 1. The summed E-state index contributed by atoms with van der Waals surface area (Å²) < 4.78 is 27.2. The molecule has 10 nitrogen and oxygen atoms in total. The number of Topliss-reactive ketones (excluding diaryl/α,β-unsaturated/α-hetero) is 1. The molecule has 4 fully saturated rings. The Morgan fingerprint density at radius 1 is 1.20 bits per heavy atom. The third kappa shape index (κ3) is 3.02. The van der Waals surface area contributed by atoms with Gasteiger partial charge >= 0.3 is 18.1 Å². The Bertz CT molecular complexity index is 1100. The molecule has 3 aliphatic heterocycles. The molecular weight excluding hydrogens is 460 g/mol. The highest BCUT2D eigenvalue weighted by atomic mass is 16.7. The molecule has 5 rings (SSSR count). The van der Waals surface area contributed by atoms with Crippen molar-refractivity contribution in [1.82, 2.24) is 0 Å². The molecule has 1 N–H and O–H groups in total. The van der Waals surface area contributed by atoms with Gasteiger partial charge in [-0.25, -0.2) is 4.79 Å². The maximum Gasteiger partial charge on any atom is 0.508 e. The van der Waals surface area contributed by atoms with Crippen LogP contribution in [0.2, 0.25) is 0 Å². The van der Waals surface area contributed by atoms with Gasteiger partial charge in [0, 0.05) is 5.92 Å². The van der Waals surface area contributed by atoms with Gasteiger partial charge in [0.05, 0.1) is 19.4 Å². The summed E-state index contributed by atoms with van der Waals surface area (Å²) in [5.41, 5.74) is -2.27. The van der Waals surface area contributed by atoms with E-state index in [4.69, 9.17) is 23.7 Å². The van der Waals surface area contributed by atoms with Gasteiger partial charge in [-0.05, 0) is 64.2 Å². The fraction of sp³-hybridized carbons (Fsp3) is 0.680.